The number of nitrogens with one attached hydrogen (secondary N) is 1. The first kappa shape index (κ1) is 10.2. The summed E-state index contributed by atoms with van der Waals surface area (Å²) in [6, 6.07) is 0. The normalized spacial score (nSPS) is 25.9. The summed E-state index contributed by atoms with van der Waals surface area (Å²) >= 11 is 0. The zero-order valence-electron chi connectivity index (χ0n) is 9.25. The van der Waals surface area contributed by atoms with Crippen LogP contribution < -0.4 is 11.1 Å². The van der Waals surface area contributed by atoms with Gasteiger partial charge in [0, 0.05) is 11.9 Å². The van der Waals surface area contributed by atoms with Crippen LogP contribution in [0.3, 0.4) is 0 Å². The summed E-state index contributed by atoms with van der Waals surface area (Å²) in [6.45, 7) is 4.34. The number of nitrogens with two attached hydrogens (primary N) is 1. The topological polar surface area (TPSA) is 50.4 Å². The smallest absolute Gasteiger partial charge is 0.171 e. The van der Waals surface area contributed by atoms with Crippen LogP contribution in [0.25, 0.3) is 0 Å². The van der Waals surface area contributed by atoms with Crippen molar-refractivity contribution in [3.05, 3.63) is 34.6 Å². The number of aliphatic imine (C=N–C) groups is 1. The molecule has 2 aliphatic rings. The van der Waals surface area contributed by atoms with E-state index in [1.807, 2.05) is 6.08 Å². The van der Waals surface area contributed by atoms with Gasteiger partial charge in [-0.05, 0) is 43.9 Å². The summed E-state index contributed by atoms with van der Waals surface area (Å²) in [5, 5.41) is 3.19. The quantitative estimate of drug-likeness (QED) is 0.683. The molecule has 0 amide bonds. The van der Waals surface area contributed by atoms with Crippen LogP contribution in [0.15, 0.2) is 39.6 Å². The molecular formula is C12H17N3. The van der Waals surface area contributed by atoms with Crippen molar-refractivity contribution >= 4 is 6.21 Å². The fourth-order valence-electron chi connectivity index (χ4n) is 2.12. The lowest BCUT2D eigenvalue weighted by atomic mass is 9.90. The molecule has 0 radical (unpaired) electrons. The van der Waals surface area contributed by atoms with Gasteiger partial charge in [0.1, 0.15) is 0 Å². The fraction of sp³-hybridized carbons (Fsp3) is 0.417. The van der Waals surface area contributed by atoms with Gasteiger partial charge in [-0.25, -0.2) is 0 Å². The monoisotopic (exact) mass is 203 g/mol. The average molecular weight is 203 g/mol. The first-order valence-corrected chi connectivity index (χ1v) is 5.31. The Morgan fingerprint density at radius 1 is 1.47 bits per heavy atom. The highest BCUT2D eigenvalue weighted by Gasteiger charge is 2.16. The van der Waals surface area contributed by atoms with E-state index in [-0.39, 0.29) is 6.29 Å². The summed E-state index contributed by atoms with van der Waals surface area (Å²) in [5.41, 5.74) is 10.9. The predicted molar refractivity (Wildman–Crippen MR) is 63.4 cm³/mol. The first-order chi connectivity index (χ1) is 7.18. The van der Waals surface area contributed by atoms with Crippen LogP contribution in [0.4, 0.5) is 0 Å². The van der Waals surface area contributed by atoms with Gasteiger partial charge in [-0.1, -0.05) is 11.6 Å². The van der Waals surface area contributed by atoms with Gasteiger partial charge in [0.25, 0.3) is 0 Å². The van der Waals surface area contributed by atoms with Crippen LogP contribution >= 0.6 is 0 Å². The molecule has 15 heavy (non-hydrogen) atoms. The van der Waals surface area contributed by atoms with Crippen molar-refractivity contribution in [2.75, 3.05) is 0 Å². The van der Waals surface area contributed by atoms with E-state index in [0.29, 0.717) is 0 Å². The Morgan fingerprint density at radius 3 is 2.93 bits per heavy atom. The molecule has 0 fully saturated rings. The van der Waals surface area contributed by atoms with Crippen LogP contribution in [-0.2, 0) is 0 Å². The van der Waals surface area contributed by atoms with Crippen molar-refractivity contribution in [1.29, 1.82) is 0 Å². The zero-order valence-corrected chi connectivity index (χ0v) is 9.25. The third-order valence-corrected chi connectivity index (χ3v) is 2.85. The van der Waals surface area contributed by atoms with Gasteiger partial charge in [-0.15, -0.1) is 0 Å². The molecule has 0 saturated heterocycles. The number of nitrogens with zero attached hydrogens (tertiary/aromatic N) is 1. The van der Waals surface area contributed by atoms with E-state index in [2.05, 4.69) is 30.2 Å². The molecule has 1 heterocycles. The predicted octanol–water partition coefficient (Wildman–Crippen LogP) is 1.84. The van der Waals surface area contributed by atoms with Gasteiger partial charge < -0.3 is 5.32 Å². The second kappa shape index (κ2) is 4.03. The van der Waals surface area contributed by atoms with E-state index in [1.54, 1.807) is 6.21 Å². The van der Waals surface area contributed by atoms with E-state index in [1.165, 1.54) is 16.7 Å². The van der Waals surface area contributed by atoms with E-state index >= 15 is 0 Å². The van der Waals surface area contributed by atoms with Crippen LogP contribution in [0, 0.1) is 0 Å². The van der Waals surface area contributed by atoms with Crippen molar-refractivity contribution in [3.8, 4) is 0 Å². The average Bonchev–Trinajstić information content (AvgIpc) is 2.17. The Kier molecular flexibility index (Phi) is 2.73. The van der Waals surface area contributed by atoms with E-state index < -0.39 is 0 Å². The molecule has 3 nitrogen and oxygen atoms in total. The van der Waals surface area contributed by atoms with E-state index in [4.69, 9.17) is 5.73 Å². The summed E-state index contributed by atoms with van der Waals surface area (Å²) < 4.78 is 0. The van der Waals surface area contributed by atoms with Crippen molar-refractivity contribution in [2.24, 2.45) is 10.7 Å². The van der Waals surface area contributed by atoms with Crippen molar-refractivity contribution < 1.29 is 0 Å². The minimum atomic E-state index is -0.306. The molecule has 1 atom stereocenters. The second-order valence-electron chi connectivity index (χ2n) is 4.05. The van der Waals surface area contributed by atoms with Gasteiger partial charge in [0.15, 0.2) is 6.29 Å². The third-order valence-electron chi connectivity index (χ3n) is 2.85. The molecule has 3 heteroatoms. The zero-order chi connectivity index (χ0) is 10.8. The van der Waals surface area contributed by atoms with Crippen LogP contribution in [0.2, 0.25) is 0 Å². The second-order valence-corrected chi connectivity index (χ2v) is 4.05. The maximum Gasteiger partial charge on any atom is 0.171 e. The van der Waals surface area contributed by atoms with E-state index in [0.717, 1.165) is 18.5 Å². The van der Waals surface area contributed by atoms with Gasteiger partial charge in [-0.2, -0.15) is 0 Å². The molecule has 1 unspecified atom stereocenters. The standard InChI is InChI=1S/C12H17N3/c1-8-4-3-5-9(2)11(8)10-6-7-14-12(13)15-10/h4,6-7,12,15H,3,5,13H2,1-2H3. The molecule has 1 aliphatic heterocycles. The molecule has 0 spiro atoms. The first-order valence-electron chi connectivity index (χ1n) is 5.31. The van der Waals surface area contributed by atoms with Crippen LogP contribution in [0.5, 0.6) is 0 Å². The minimum absolute atomic E-state index is 0.306. The van der Waals surface area contributed by atoms with Gasteiger partial charge in [-0.3, -0.25) is 10.7 Å². The van der Waals surface area contributed by atoms with Crippen molar-refractivity contribution in [1.82, 2.24) is 5.32 Å². The lowest BCUT2D eigenvalue weighted by molar-refractivity contribution is 0.614. The highest BCUT2D eigenvalue weighted by atomic mass is 15.2. The van der Waals surface area contributed by atoms with Gasteiger partial charge in [0.05, 0.1) is 0 Å². The summed E-state index contributed by atoms with van der Waals surface area (Å²) in [6.07, 6.45) is 8.03. The third kappa shape index (κ3) is 2.02. The van der Waals surface area contributed by atoms with Crippen molar-refractivity contribution in [2.45, 2.75) is 33.0 Å². The molecule has 0 saturated carbocycles. The lowest BCUT2D eigenvalue weighted by Gasteiger charge is -2.24. The molecule has 0 aromatic rings. The number of hydrogen-bond donors (Lipinski definition) is 2. The fourth-order valence-corrected chi connectivity index (χ4v) is 2.12. The molecule has 80 valence electrons. The van der Waals surface area contributed by atoms with Gasteiger partial charge >= 0.3 is 0 Å². The lowest BCUT2D eigenvalue weighted by Crippen LogP contribution is -2.37. The number of rotatable bonds is 1. The van der Waals surface area contributed by atoms with E-state index in [9.17, 15) is 0 Å². The molecule has 0 bridgehead atoms. The Morgan fingerprint density at radius 2 is 2.27 bits per heavy atom. The van der Waals surface area contributed by atoms with Crippen LogP contribution in [-0.4, -0.2) is 12.5 Å². The van der Waals surface area contributed by atoms with Crippen molar-refractivity contribution in [3.63, 3.8) is 0 Å². The molecular weight excluding hydrogens is 186 g/mol. The molecule has 0 aromatic heterocycles. The maximum absolute atomic E-state index is 5.73. The largest absolute Gasteiger partial charge is 0.351 e. The maximum atomic E-state index is 5.73. The number of allylic oxidation sites excluding steroid dienone is 4. The molecule has 0 aromatic carbocycles. The highest BCUT2D eigenvalue weighted by molar-refractivity contribution is 5.76. The highest BCUT2D eigenvalue weighted by Crippen LogP contribution is 2.29. The van der Waals surface area contributed by atoms with Crippen LogP contribution in [0.1, 0.15) is 26.7 Å². The Labute approximate surface area is 90.5 Å². The Bertz CT molecular complexity index is 386. The molecule has 1 aliphatic carbocycles. The molecule has 3 N–H and O–H groups in total. The minimum Gasteiger partial charge on any atom is -0.351 e. The summed E-state index contributed by atoms with van der Waals surface area (Å²) in [7, 11) is 0. The SMILES string of the molecule is CC1=CCCC(C)=C1C1=CC=NC(N)N1. The molecule has 2 rings (SSSR count). The summed E-state index contributed by atoms with van der Waals surface area (Å²) in [4.78, 5) is 4.05. The van der Waals surface area contributed by atoms with Gasteiger partial charge in [0.2, 0.25) is 0 Å². The Balaban J connectivity index is 2.34. The summed E-state index contributed by atoms with van der Waals surface area (Å²) in [5.74, 6) is 0. The number of hydrogen-bond acceptors (Lipinski definition) is 3. The Hall–Kier alpha value is -1.35.